The number of hydrogen-bond donors (Lipinski definition) is 2. The second kappa shape index (κ2) is 8.11. The average molecular weight is 423 g/mol. The number of carbonyl (C=O) groups is 2. The lowest BCUT2D eigenvalue weighted by Gasteiger charge is -2.36. The summed E-state index contributed by atoms with van der Waals surface area (Å²) in [6.07, 6.45) is 1.06. The second-order valence-electron chi connectivity index (χ2n) is 7.80. The van der Waals surface area contributed by atoms with E-state index in [9.17, 15) is 23.1 Å². The van der Waals surface area contributed by atoms with E-state index in [0.717, 1.165) is 0 Å². The highest BCUT2D eigenvalue weighted by Gasteiger charge is 2.46. The Hall–Kier alpha value is -2.46. The molecule has 1 aromatic rings. The molecule has 0 bridgehead atoms. The molecule has 0 saturated carbocycles. The van der Waals surface area contributed by atoms with E-state index < -0.39 is 21.6 Å². The Morgan fingerprint density at radius 3 is 2.55 bits per heavy atom. The number of carboxylic acid groups (broad SMARTS) is 1. The Labute approximate surface area is 169 Å². The molecule has 158 valence electrons. The van der Waals surface area contributed by atoms with Gasteiger partial charge in [0.2, 0.25) is 10.0 Å². The van der Waals surface area contributed by atoms with Gasteiger partial charge in [-0.25, -0.2) is 13.2 Å². The van der Waals surface area contributed by atoms with E-state index in [1.165, 1.54) is 28.6 Å². The van der Waals surface area contributed by atoms with E-state index in [4.69, 9.17) is 4.84 Å². The van der Waals surface area contributed by atoms with Gasteiger partial charge in [0.05, 0.1) is 10.5 Å². The number of piperidine rings is 1. The topological polar surface area (TPSA) is 125 Å². The molecule has 2 aliphatic rings. The third-order valence-electron chi connectivity index (χ3n) is 5.14. The molecule has 2 heterocycles. The molecule has 10 heteroatoms. The van der Waals surface area contributed by atoms with E-state index in [1.807, 2.05) is 13.8 Å². The molecule has 0 aromatic heterocycles. The van der Waals surface area contributed by atoms with Crippen LogP contribution in [0.4, 0.5) is 0 Å². The van der Waals surface area contributed by atoms with Crippen molar-refractivity contribution in [1.29, 1.82) is 0 Å². The van der Waals surface area contributed by atoms with Gasteiger partial charge >= 0.3 is 5.97 Å². The second-order valence-corrected chi connectivity index (χ2v) is 9.70. The molecule has 0 unspecified atom stereocenters. The van der Waals surface area contributed by atoms with Crippen molar-refractivity contribution in [3.8, 4) is 0 Å². The van der Waals surface area contributed by atoms with Crippen LogP contribution in [0.15, 0.2) is 34.3 Å². The first-order valence-electron chi connectivity index (χ1n) is 9.50. The fourth-order valence-electron chi connectivity index (χ4n) is 3.45. The van der Waals surface area contributed by atoms with Gasteiger partial charge in [0.25, 0.3) is 5.91 Å². The van der Waals surface area contributed by atoms with Gasteiger partial charge in [-0.15, -0.1) is 0 Å². The van der Waals surface area contributed by atoms with Gasteiger partial charge in [-0.05, 0) is 18.1 Å². The van der Waals surface area contributed by atoms with Gasteiger partial charge in [0.15, 0.2) is 0 Å². The fourth-order valence-corrected chi connectivity index (χ4v) is 5.08. The van der Waals surface area contributed by atoms with Crippen molar-refractivity contribution in [2.45, 2.75) is 43.6 Å². The quantitative estimate of drug-likeness (QED) is 0.713. The standard InChI is InChI=1S/C19H25N3O6S/c1-13(2)12-20-17(23)15-11-19(28-21-15)7-9-22(10-8-19)29(26,27)16-6-4-3-5-14(16)18(24)25/h3-6,13H,7-12H2,1-2H3,(H,20,23)(H,24,25). The minimum absolute atomic E-state index is 0.159. The number of nitrogens with one attached hydrogen (secondary N) is 1. The van der Waals surface area contributed by atoms with Gasteiger partial charge in [-0.3, -0.25) is 4.79 Å². The molecule has 3 rings (SSSR count). The summed E-state index contributed by atoms with van der Waals surface area (Å²) in [5, 5.41) is 16.0. The van der Waals surface area contributed by atoms with E-state index in [2.05, 4.69) is 10.5 Å². The number of hydrogen-bond acceptors (Lipinski definition) is 6. The maximum absolute atomic E-state index is 13.0. The molecular weight excluding hydrogens is 398 g/mol. The van der Waals surface area contributed by atoms with Crippen molar-refractivity contribution in [1.82, 2.24) is 9.62 Å². The summed E-state index contributed by atoms with van der Waals surface area (Å²) in [4.78, 5) is 28.9. The van der Waals surface area contributed by atoms with Gasteiger partial charge < -0.3 is 15.3 Å². The van der Waals surface area contributed by atoms with Gasteiger partial charge in [0.1, 0.15) is 11.3 Å². The third-order valence-corrected chi connectivity index (χ3v) is 7.10. The highest BCUT2D eigenvalue weighted by atomic mass is 32.2. The SMILES string of the molecule is CC(C)CNC(=O)C1=NOC2(CCN(S(=O)(=O)c3ccccc3C(=O)O)CC2)C1. The van der Waals surface area contributed by atoms with Gasteiger partial charge in [-0.1, -0.05) is 31.1 Å². The van der Waals surface area contributed by atoms with Crippen molar-refractivity contribution in [2.75, 3.05) is 19.6 Å². The summed E-state index contributed by atoms with van der Waals surface area (Å²) in [5.74, 6) is -1.23. The van der Waals surface area contributed by atoms with Crippen molar-refractivity contribution in [3.63, 3.8) is 0 Å². The highest BCUT2D eigenvalue weighted by Crippen LogP contribution is 2.36. The molecule has 2 aliphatic heterocycles. The minimum Gasteiger partial charge on any atom is -0.478 e. The lowest BCUT2D eigenvalue weighted by Crippen LogP contribution is -2.47. The fraction of sp³-hybridized carbons (Fsp3) is 0.526. The Kier molecular flexibility index (Phi) is 5.95. The van der Waals surface area contributed by atoms with Crippen molar-refractivity contribution < 1.29 is 28.0 Å². The summed E-state index contributed by atoms with van der Waals surface area (Å²) in [5.41, 5.74) is -0.626. The van der Waals surface area contributed by atoms with Crippen LogP contribution in [0, 0.1) is 5.92 Å². The smallest absolute Gasteiger partial charge is 0.337 e. The van der Waals surface area contributed by atoms with Crippen LogP contribution in [0.2, 0.25) is 0 Å². The number of nitrogens with zero attached hydrogens (tertiary/aromatic N) is 2. The van der Waals surface area contributed by atoms with E-state index >= 15 is 0 Å². The monoisotopic (exact) mass is 423 g/mol. The lowest BCUT2D eigenvalue weighted by molar-refractivity contribution is -0.115. The van der Waals surface area contributed by atoms with Crippen LogP contribution in [-0.4, -0.2) is 60.7 Å². The molecule has 29 heavy (non-hydrogen) atoms. The Balaban J connectivity index is 1.66. The Bertz CT molecular complexity index is 933. The molecule has 2 N–H and O–H groups in total. The number of sulfonamides is 1. The number of oxime groups is 1. The summed E-state index contributed by atoms with van der Waals surface area (Å²) < 4.78 is 27.2. The third kappa shape index (κ3) is 4.43. The molecule has 1 amide bonds. The van der Waals surface area contributed by atoms with Crippen LogP contribution in [0.5, 0.6) is 0 Å². The minimum atomic E-state index is -3.95. The first-order valence-corrected chi connectivity index (χ1v) is 10.9. The summed E-state index contributed by atoms with van der Waals surface area (Å²) in [7, 11) is -3.95. The Morgan fingerprint density at radius 2 is 1.93 bits per heavy atom. The van der Waals surface area contributed by atoms with Crippen molar-refractivity contribution >= 4 is 27.6 Å². The summed E-state index contributed by atoms with van der Waals surface area (Å²) >= 11 is 0. The number of rotatable bonds is 6. The van der Waals surface area contributed by atoms with Crippen molar-refractivity contribution in [2.24, 2.45) is 11.1 Å². The first kappa shape index (κ1) is 21.3. The number of benzene rings is 1. The number of amides is 1. The van der Waals surface area contributed by atoms with Crippen LogP contribution in [0.1, 0.15) is 43.5 Å². The molecular formula is C19H25N3O6S. The number of carbonyl (C=O) groups excluding carboxylic acids is 1. The zero-order valence-electron chi connectivity index (χ0n) is 16.4. The zero-order chi connectivity index (χ0) is 21.2. The first-order chi connectivity index (χ1) is 13.6. The Morgan fingerprint density at radius 1 is 1.28 bits per heavy atom. The number of carboxylic acids is 1. The molecule has 1 spiro atoms. The van der Waals surface area contributed by atoms with E-state index in [1.54, 1.807) is 0 Å². The largest absolute Gasteiger partial charge is 0.478 e. The van der Waals surface area contributed by atoms with Crippen LogP contribution >= 0.6 is 0 Å². The molecule has 0 radical (unpaired) electrons. The average Bonchev–Trinajstić information content (AvgIpc) is 3.10. The van der Waals surface area contributed by atoms with Crippen LogP contribution in [0.3, 0.4) is 0 Å². The van der Waals surface area contributed by atoms with Gasteiger partial charge in [-0.2, -0.15) is 4.31 Å². The zero-order valence-corrected chi connectivity index (χ0v) is 17.2. The maximum Gasteiger partial charge on any atom is 0.337 e. The molecule has 1 aromatic carbocycles. The maximum atomic E-state index is 13.0. The summed E-state index contributed by atoms with van der Waals surface area (Å²) in [6, 6.07) is 5.57. The van der Waals surface area contributed by atoms with Crippen LogP contribution in [-0.2, 0) is 19.7 Å². The molecule has 0 aliphatic carbocycles. The van der Waals surface area contributed by atoms with Crippen molar-refractivity contribution in [3.05, 3.63) is 29.8 Å². The normalized spacial score (nSPS) is 19.1. The van der Waals surface area contributed by atoms with Crippen LogP contribution in [0.25, 0.3) is 0 Å². The molecule has 0 atom stereocenters. The molecule has 9 nitrogen and oxygen atoms in total. The van der Waals surface area contributed by atoms with Gasteiger partial charge in [0, 0.05) is 38.9 Å². The predicted octanol–water partition coefficient (Wildman–Crippen LogP) is 1.46. The van der Waals surface area contributed by atoms with Crippen LogP contribution < -0.4 is 5.32 Å². The summed E-state index contributed by atoms with van der Waals surface area (Å²) in [6.45, 7) is 4.85. The number of aromatic carboxylic acids is 1. The lowest BCUT2D eigenvalue weighted by atomic mass is 9.87. The van der Waals surface area contributed by atoms with E-state index in [-0.39, 0.29) is 29.5 Å². The highest BCUT2D eigenvalue weighted by molar-refractivity contribution is 7.89. The van der Waals surface area contributed by atoms with E-state index in [0.29, 0.717) is 37.4 Å². The predicted molar refractivity (Wildman–Crippen MR) is 105 cm³/mol. The molecule has 1 saturated heterocycles. The molecule has 1 fully saturated rings.